The van der Waals surface area contributed by atoms with Crippen molar-refractivity contribution in [3.63, 3.8) is 0 Å². The standard InChI is InChI=1S/C11H11BrClN3O2S/c1-16-7-14-11(10(16)13)19(17,18)15-6-8-4-2-3-5-9(8)12/h2-5,7,15H,6H2,1H3. The van der Waals surface area contributed by atoms with Gasteiger partial charge in [-0.1, -0.05) is 45.7 Å². The molecule has 0 saturated carbocycles. The second-order valence-electron chi connectivity index (χ2n) is 3.87. The highest BCUT2D eigenvalue weighted by atomic mass is 79.9. The van der Waals surface area contributed by atoms with E-state index >= 15 is 0 Å². The number of imidazole rings is 1. The summed E-state index contributed by atoms with van der Waals surface area (Å²) in [4.78, 5) is 3.79. The van der Waals surface area contributed by atoms with E-state index in [0.717, 1.165) is 10.0 Å². The molecule has 102 valence electrons. The molecule has 1 aromatic carbocycles. The van der Waals surface area contributed by atoms with E-state index in [1.54, 1.807) is 7.05 Å². The van der Waals surface area contributed by atoms with Crippen LogP contribution in [0.3, 0.4) is 0 Å². The van der Waals surface area contributed by atoms with Crippen LogP contribution in [-0.2, 0) is 23.6 Å². The lowest BCUT2D eigenvalue weighted by Gasteiger charge is -2.06. The fraction of sp³-hybridized carbons (Fsp3) is 0.182. The number of benzene rings is 1. The molecule has 5 nitrogen and oxygen atoms in total. The molecule has 0 fully saturated rings. The second kappa shape index (κ2) is 5.62. The summed E-state index contributed by atoms with van der Waals surface area (Å²) < 4.78 is 28.9. The van der Waals surface area contributed by atoms with Gasteiger partial charge in [0.15, 0.2) is 0 Å². The monoisotopic (exact) mass is 363 g/mol. The van der Waals surface area contributed by atoms with Crippen LogP contribution in [0.4, 0.5) is 0 Å². The number of rotatable bonds is 4. The third-order valence-corrected chi connectivity index (χ3v) is 5.16. The minimum Gasteiger partial charge on any atom is -0.324 e. The number of sulfonamides is 1. The van der Waals surface area contributed by atoms with E-state index in [4.69, 9.17) is 11.6 Å². The van der Waals surface area contributed by atoms with Gasteiger partial charge in [0.2, 0.25) is 5.03 Å². The molecule has 0 unspecified atom stereocenters. The third kappa shape index (κ3) is 3.17. The predicted octanol–water partition coefficient (Wildman–Crippen LogP) is 2.31. The predicted molar refractivity (Wildman–Crippen MR) is 76.4 cm³/mol. The molecule has 0 spiro atoms. The van der Waals surface area contributed by atoms with E-state index in [2.05, 4.69) is 25.6 Å². The highest BCUT2D eigenvalue weighted by Gasteiger charge is 2.22. The molecule has 0 radical (unpaired) electrons. The fourth-order valence-corrected chi connectivity index (χ4v) is 3.31. The maximum atomic E-state index is 12.1. The summed E-state index contributed by atoms with van der Waals surface area (Å²) in [6.07, 6.45) is 1.36. The van der Waals surface area contributed by atoms with Gasteiger partial charge in [-0.3, -0.25) is 0 Å². The normalized spacial score (nSPS) is 11.7. The van der Waals surface area contributed by atoms with Gasteiger partial charge in [-0.2, -0.15) is 0 Å². The van der Waals surface area contributed by atoms with Gasteiger partial charge in [0.25, 0.3) is 10.0 Å². The Labute approximate surface area is 124 Å². The molecule has 1 heterocycles. The van der Waals surface area contributed by atoms with Crippen LogP contribution in [0.25, 0.3) is 0 Å². The van der Waals surface area contributed by atoms with E-state index in [1.165, 1.54) is 10.9 Å². The van der Waals surface area contributed by atoms with Crippen LogP contribution < -0.4 is 4.72 Å². The van der Waals surface area contributed by atoms with Crippen molar-refractivity contribution in [2.24, 2.45) is 7.05 Å². The van der Waals surface area contributed by atoms with Crippen LogP contribution in [0.2, 0.25) is 5.15 Å². The number of halogens is 2. The maximum Gasteiger partial charge on any atom is 0.261 e. The van der Waals surface area contributed by atoms with E-state index in [-0.39, 0.29) is 16.7 Å². The van der Waals surface area contributed by atoms with E-state index < -0.39 is 10.0 Å². The number of nitrogens with zero attached hydrogens (tertiary/aromatic N) is 2. The van der Waals surface area contributed by atoms with Gasteiger partial charge in [0.05, 0.1) is 6.33 Å². The maximum absolute atomic E-state index is 12.1. The summed E-state index contributed by atoms with van der Waals surface area (Å²) in [6.45, 7) is 0.163. The van der Waals surface area contributed by atoms with Crippen LogP contribution in [0.5, 0.6) is 0 Å². The van der Waals surface area contributed by atoms with Crippen molar-refractivity contribution < 1.29 is 8.42 Å². The van der Waals surface area contributed by atoms with Gasteiger partial charge in [-0.25, -0.2) is 18.1 Å². The lowest BCUT2D eigenvalue weighted by molar-refractivity contribution is 0.578. The molecule has 0 aliphatic rings. The molecule has 2 aromatic rings. The Bertz CT molecular complexity index is 700. The van der Waals surface area contributed by atoms with Crippen LogP contribution in [0.1, 0.15) is 5.56 Å². The zero-order valence-electron chi connectivity index (χ0n) is 9.97. The van der Waals surface area contributed by atoms with E-state index in [0.29, 0.717) is 0 Å². The van der Waals surface area contributed by atoms with E-state index in [9.17, 15) is 8.42 Å². The molecule has 8 heteroatoms. The van der Waals surface area contributed by atoms with Crippen molar-refractivity contribution in [2.75, 3.05) is 0 Å². The Balaban J connectivity index is 2.19. The average molecular weight is 365 g/mol. The summed E-state index contributed by atoms with van der Waals surface area (Å²) in [6, 6.07) is 7.36. The Morgan fingerprint density at radius 3 is 2.68 bits per heavy atom. The Hall–Kier alpha value is -0.890. The molecule has 0 amide bonds. The average Bonchev–Trinajstić information content (AvgIpc) is 2.70. The topological polar surface area (TPSA) is 64.0 Å². The number of hydrogen-bond acceptors (Lipinski definition) is 3. The van der Waals surface area contributed by atoms with Crippen molar-refractivity contribution >= 4 is 37.6 Å². The lowest BCUT2D eigenvalue weighted by Crippen LogP contribution is -2.24. The smallest absolute Gasteiger partial charge is 0.261 e. The Morgan fingerprint density at radius 2 is 2.11 bits per heavy atom. The molecule has 0 atom stereocenters. The summed E-state index contributed by atoms with van der Waals surface area (Å²) in [5.41, 5.74) is 0.832. The summed E-state index contributed by atoms with van der Waals surface area (Å²) in [5.74, 6) is 0. The number of nitrogens with one attached hydrogen (secondary N) is 1. The minimum absolute atomic E-state index is 0.0830. The molecule has 0 aliphatic carbocycles. The van der Waals surface area contributed by atoms with Crippen molar-refractivity contribution in [3.05, 3.63) is 45.8 Å². The summed E-state index contributed by atoms with van der Waals surface area (Å²) in [5, 5.41) is -0.0802. The van der Waals surface area contributed by atoms with Gasteiger partial charge in [0, 0.05) is 18.1 Å². The molecular weight excluding hydrogens is 354 g/mol. The first-order valence-electron chi connectivity index (χ1n) is 5.31. The van der Waals surface area contributed by atoms with Crippen molar-refractivity contribution in [3.8, 4) is 0 Å². The molecule has 1 aromatic heterocycles. The molecule has 19 heavy (non-hydrogen) atoms. The van der Waals surface area contributed by atoms with Gasteiger partial charge < -0.3 is 4.57 Å². The van der Waals surface area contributed by atoms with Crippen LogP contribution in [0, 0.1) is 0 Å². The highest BCUT2D eigenvalue weighted by molar-refractivity contribution is 9.10. The van der Waals surface area contributed by atoms with Gasteiger partial charge in [0.1, 0.15) is 5.15 Å². The lowest BCUT2D eigenvalue weighted by atomic mass is 10.2. The number of hydrogen-bond donors (Lipinski definition) is 1. The largest absolute Gasteiger partial charge is 0.324 e. The zero-order valence-corrected chi connectivity index (χ0v) is 13.1. The van der Waals surface area contributed by atoms with Crippen LogP contribution >= 0.6 is 27.5 Å². The van der Waals surface area contributed by atoms with Gasteiger partial charge in [-0.05, 0) is 11.6 Å². The number of aryl methyl sites for hydroxylation is 1. The highest BCUT2D eigenvalue weighted by Crippen LogP contribution is 2.20. The number of aromatic nitrogens is 2. The fourth-order valence-electron chi connectivity index (χ4n) is 1.46. The molecule has 0 aliphatic heterocycles. The Kier molecular flexibility index (Phi) is 4.29. The minimum atomic E-state index is -3.72. The first kappa shape index (κ1) is 14.5. The molecular formula is C11H11BrClN3O2S. The summed E-state index contributed by atoms with van der Waals surface area (Å²) in [7, 11) is -2.09. The van der Waals surface area contributed by atoms with Gasteiger partial charge >= 0.3 is 0 Å². The molecule has 2 rings (SSSR count). The quantitative estimate of drug-likeness (QED) is 0.905. The third-order valence-electron chi connectivity index (χ3n) is 2.50. The van der Waals surface area contributed by atoms with Crippen LogP contribution in [-0.4, -0.2) is 18.0 Å². The second-order valence-corrected chi connectivity index (χ2v) is 6.76. The molecule has 0 bridgehead atoms. The van der Waals surface area contributed by atoms with Crippen molar-refractivity contribution in [1.29, 1.82) is 0 Å². The first-order valence-corrected chi connectivity index (χ1v) is 7.97. The van der Waals surface area contributed by atoms with Crippen molar-refractivity contribution in [1.82, 2.24) is 14.3 Å². The first-order chi connectivity index (χ1) is 8.92. The molecule has 1 N–H and O–H groups in total. The van der Waals surface area contributed by atoms with Gasteiger partial charge in [-0.15, -0.1) is 0 Å². The van der Waals surface area contributed by atoms with Crippen molar-refractivity contribution in [2.45, 2.75) is 11.6 Å². The molecule has 0 saturated heterocycles. The van der Waals surface area contributed by atoms with Crippen LogP contribution in [0.15, 0.2) is 40.1 Å². The summed E-state index contributed by atoms with van der Waals surface area (Å²) >= 11 is 9.24. The van der Waals surface area contributed by atoms with E-state index in [1.807, 2.05) is 24.3 Å². The SMILES string of the molecule is Cn1cnc(S(=O)(=O)NCc2ccccc2Br)c1Cl. The Morgan fingerprint density at radius 1 is 1.42 bits per heavy atom. The zero-order chi connectivity index (χ0) is 14.0.